The molecule has 0 radical (unpaired) electrons. The molecule has 0 aliphatic carbocycles. The van der Waals surface area contributed by atoms with Crippen molar-refractivity contribution in [3.8, 4) is 0 Å². The van der Waals surface area contributed by atoms with Crippen LogP contribution in [-0.4, -0.2) is 40.2 Å². The summed E-state index contributed by atoms with van der Waals surface area (Å²) >= 11 is -2.85. The second-order valence-electron chi connectivity index (χ2n) is 5.54. The summed E-state index contributed by atoms with van der Waals surface area (Å²) in [6.07, 6.45) is 0.778. The van der Waals surface area contributed by atoms with E-state index in [-0.39, 0.29) is 0 Å². The molecule has 0 aliphatic heterocycles. The van der Waals surface area contributed by atoms with Crippen LogP contribution in [0.1, 0.15) is 40.5 Å². The van der Waals surface area contributed by atoms with E-state index in [0.717, 1.165) is 12.8 Å². The summed E-state index contributed by atoms with van der Waals surface area (Å²) in [4.78, 5) is 0. The first-order chi connectivity index (χ1) is 8.31. The van der Waals surface area contributed by atoms with Crippen molar-refractivity contribution in [1.82, 2.24) is 0 Å². The predicted octanol–water partition coefficient (Wildman–Crippen LogP) is 2.27. The Kier molecular flexibility index (Phi) is 9.75. The normalized spacial score (nSPS) is 20.2. The van der Waals surface area contributed by atoms with Gasteiger partial charge in [-0.2, -0.15) is 0 Å². The van der Waals surface area contributed by atoms with Crippen LogP contribution in [-0.2, 0) is 20.3 Å². The van der Waals surface area contributed by atoms with Crippen LogP contribution in [0.15, 0.2) is 0 Å². The Hall–Kier alpha value is 0.554. The van der Waals surface area contributed by atoms with Crippen LogP contribution in [0.2, 0.25) is 14.2 Å². The summed E-state index contributed by atoms with van der Waals surface area (Å²) in [6, 6.07) is 0. The molecule has 0 aliphatic rings. The number of hydrogen-bond donors (Lipinski definition) is 3. The summed E-state index contributed by atoms with van der Waals surface area (Å²) in [7, 11) is 0. The molecule has 0 bridgehead atoms. The molecule has 0 aromatic rings. The number of hydrogen-bond acceptors (Lipinski definition) is 4. The minimum absolute atomic E-state index is 0.427. The van der Waals surface area contributed by atoms with Gasteiger partial charge in [0.25, 0.3) is 0 Å². The van der Waals surface area contributed by atoms with Crippen LogP contribution < -0.4 is 0 Å². The van der Waals surface area contributed by atoms with E-state index in [1.165, 1.54) is 0 Å². The molecule has 0 aromatic carbocycles. The Balaban J connectivity index is 4.74. The number of rotatable bonds is 10. The fourth-order valence-corrected chi connectivity index (χ4v) is 9.75. The maximum atomic E-state index is 9.67. The van der Waals surface area contributed by atoms with E-state index in [2.05, 4.69) is 6.92 Å². The molecule has 4 nitrogen and oxygen atoms in total. The number of unbranched alkanes of at least 4 members (excludes halogenated alkanes) is 1. The van der Waals surface area contributed by atoms with Gasteiger partial charge in [-0.15, -0.1) is 0 Å². The standard InChI is InChI=1S/C4H9O.3C3H7O.Ti/c1-2-3-4-5;3*1-3(2)4;/h2-4H2,1H3;3*3-4H,1H2,2H3;/q-1;;;;+1. The van der Waals surface area contributed by atoms with E-state index in [1.54, 1.807) is 20.8 Å². The van der Waals surface area contributed by atoms with Gasteiger partial charge in [0.1, 0.15) is 0 Å². The van der Waals surface area contributed by atoms with E-state index in [0.29, 0.717) is 20.8 Å². The van der Waals surface area contributed by atoms with Crippen molar-refractivity contribution < 1.29 is 35.6 Å². The Morgan fingerprint density at radius 2 is 1.28 bits per heavy atom. The average Bonchev–Trinajstić information content (AvgIpc) is 2.13. The van der Waals surface area contributed by atoms with Gasteiger partial charge in [0.05, 0.1) is 0 Å². The Labute approximate surface area is 115 Å². The van der Waals surface area contributed by atoms with Crippen molar-refractivity contribution in [2.45, 2.75) is 73.0 Å². The van der Waals surface area contributed by atoms with Gasteiger partial charge in [0.15, 0.2) is 0 Å². The molecule has 110 valence electrons. The van der Waals surface area contributed by atoms with E-state index < -0.39 is 35.3 Å². The van der Waals surface area contributed by atoms with Crippen LogP contribution in [0.25, 0.3) is 0 Å². The van der Waals surface area contributed by atoms with Gasteiger partial charge >= 0.3 is 115 Å². The monoisotopic (exact) mass is 298 g/mol. The van der Waals surface area contributed by atoms with Gasteiger partial charge in [0, 0.05) is 0 Å². The zero-order valence-electron chi connectivity index (χ0n) is 12.2. The molecule has 0 saturated carbocycles. The van der Waals surface area contributed by atoms with Crippen LogP contribution in [0.5, 0.6) is 0 Å². The molecule has 0 amide bonds. The molecule has 3 unspecified atom stereocenters. The summed E-state index contributed by atoms with van der Waals surface area (Å²) in [5, 5.41) is 29.0. The van der Waals surface area contributed by atoms with Gasteiger partial charge in [-0.05, 0) is 0 Å². The molecule has 0 spiro atoms. The van der Waals surface area contributed by atoms with Gasteiger partial charge in [-0.25, -0.2) is 0 Å². The van der Waals surface area contributed by atoms with Crippen molar-refractivity contribution in [2.24, 2.45) is 0 Å². The third kappa shape index (κ3) is 8.62. The first-order valence-electron chi connectivity index (χ1n) is 6.99. The molecule has 0 fully saturated rings. The van der Waals surface area contributed by atoms with E-state index in [9.17, 15) is 15.3 Å². The van der Waals surface area contributed by atoms with Gasteiger partial charge in [-0.1, -0.05) is 0 Å². The second kappa shape index (κ2) is 9.46. The Bertz CT molecular complexity index is 181. The van der Waals surface area contributed by atoms with E-state index >= 15 is 0 Å². The minimum atomic E-state index is -2.85. The van der Waals surface area contributed by atoms with Crippen LogP contribution in [0.4, 0.5) is 0 Å². The third-order valence-corrected chi connectivity index (χ3v) is 10.4. The van der Waals surface area contributed by atoms with Crippen LogP contribution in [0, 0.1) is 0 Å². The maximum absolute atomic E-state index is 9.67. The quantitative estimate of drug-likeness (QED) is 0.427. The molecule has 0 saturated heterocycles. The van der Waals surface area contributed by atoms with Gasteiger partial charge in [0.2, 0.25) is 0 Å². The summed E-state index contributed by atoms with van der Waals surface area (Å²) in [5.41, 5.74) is 0. The number of aliphatic hydroxyl groups is 3. The van der Waals surface area contributed by atoms with Crippen molar-refractivity contribution in [3.05, 3.63) is 0 Å². The fourth-order valence-electron chi connectivity index (χ4n) is 2.47. The van der Waals surface area contributed by atoms with Crippen molar-refractivity contribution >= 4 is 0 Å². The number of aliphatic hydroxyl groups excluding tert-OH is 3. The zero-order chi connectivity index (χ0) is 14.2. The van der Waals surface area contributed by atoms with Crippen LogP contribution >= 0.6 is 0 Å². The third-order valence-electron chi connectivity index (χ3n) is 2.91. The van der Waals surface area contributed by atoms with Gasteiger partial charge in [-0.3, -0.25) is 0 Å². The zero-order valence-corrected chi connectivity index (χ0v) is 13.8. The van der Waals surface area contributed by atoms with Crippen LogP contribution in [0.3, 0.4) is 0 Å². The van der Waals surface area contributed by atoms with E-state index in [1.807, 2.05) is 0 Å². The molecule has 5 heteroatoms. The molecule has 3 N–H and O–H groups in total. The fraction of sp³-hybridized carbons (Fsp3) is 1.00. The molecule has 18 heavy (non-hydrogen) atoms. The summed E-state index contributed by atoms with van der Waals surface area (Å²) < 4.78 is 7.98. The first kappa shape index (κ1) is 18.6. The molecule has 0 rings (SSSR count). The van der Waals surface area contributed by atoms with Crippen molar-refractivity contribution in [2.75, 3.05) is 6.61 Å². The molecule has 0 aromatic heterocycles. The average molecular weight is 298 g/mol. The van der Waals surface area contributed by atoms with Crippen molar-refractivity contribution in [1.29, 1.82) is 0 Å². The SMILES string of the molecule is CCCC[O][Ti]([CH2]C(C)O)([CH2]C(C)O)[CH2]C(C)O. The topological polar surface area (TPSA) is 69.9 Å². The molecular weight excluding hydrogens is 268 g/mol. The predicted molar refractivity (Wildman–Crippen MR) is 70.3 cm³/mol. The van der Waals surface area contributed by atoms with Crippen molar-refractivity contribution in [3.63, 3.8) is 0 Å². The molecular formula is C13H30O4Ti. The molecule has 0 heterocycles. The van der Waals surface area contributed by atoms with Gasteiger partial charge < -0.3 is 0 Å². The molecule has 3 atom stereocenters. The summed E-state index contributed by atoms with van der Waals surface area (Å²) in [5.74, 6) is 0. The van der Waals surface area contributed by atoms with E-state index in [4.69, 9.17) is 3.32 Å². The Morgan fingerprint density at radius 1 is 0.889 bits per heavy atom. The second-order valence-corrected chi connectivity index (χ2v) is 11.6. The Morgan fingerprint density at radius 3 is 1.56 bits per heavy atom. The first-order valence-corrected chi connectivity index (χ1v) is 10.9. The summed E-state index contributed by atoms with van der Waals surface area (Å²) in [6.45, 7) is 8.06.